The molecule has 0 saturated carbocycles. The fourth-order valence-corrected chi connectivity index (χ4v) is 2.43. The zero-order chi connectivity index (χ0) is 17.6. The van der Waals surface area contributed by atoms with Gasteiger partial charge in [-0.05, 0) is 27.1 Å². The van der Waals surface area contributed by atoms with Crippen molar-refractivity contribution in [1.29, 1.82) is 0 Å². The zero-order valence-electron chi connectivity index (χ0n) is 13.4. The molecule has 130 valence electrons. The second kappa shape index (κ2) is 8.47. The van der Waals surface area contributed by atoms with Crippen LogP contribution in [0, 0.1) is 5.92 Å². The number of carboxylic acids is 1. The molecule has 0 bridgehead atoms. The van der Waals surface area contributed by atoms with Gasteiger partial charge in [0, 0.05) is 19.5 Å². The van der Waals surface area contributed by atoms with E-state index in [1.807, 2.05) is 19.0 Å². The molecule has 4 N–H and O–H groups in total. The van der Waals surface area contributed by atoms with Crippen LogP contribution in [0.25, 0.3) is 0 Å². The number of hydrogen-bond donors (Lipinski definition) is 3. The molecule has 9 heteroatoms. The molecule has 1 aliphatic rings. The van der Waals surface area contributed by atoms with Crippen LogP contribution in [-0.4, -0.2) is 78.4 Å². The molecule has 1 heterocycles. The molecule has 3 amide bonds. The average Bonchev–Trinajstić information content (AvgIpc) is 2.78. The number of nitrogens with two attached hydrogens (primary N) is 1. The van der Waals surface area contributed by atoms with Crippen LogP contribution < -0.4 is 11.1 Å². The molecule has 9 nitrogen and oxygen atoms in total. The van der Waals surface area contributed by atoms with Gasteiger partial charge in [0.1, 0.15) is 6.04 Å². The highest BCUT2D eigenvalue weighted by Gasteiger charge is 2.35. The number of aliphatic carboxylic acids is 1. The van der Waals surface area contributed by atoms with Gasteiger partial charge in [0.2, 0.25) is 17.7 Å². The maximum atomic E-state index is 12.1. The lowest BCUT2D eigenvalue weighted by molar-refractivity contribution is -0.143. The van der Waals surface area contributed by atoms with Crippen LogP contribution in [-0.2, 0) is 19.2 Å². The number of carboxylic acid groups (broad SMARTS) is 1. The number of rotatable bonds is 9. The van der Waals surface area contributed by atoms with Gasteiger partial charge in [-0.15, -0.1) is 0 Å². The zero-order valence-corrected chi connectivity index (χ0v) is 13.4. The predicted octanol–water partition coefficient (Wildman–Crippen LogP) is -1.77. The lowest BCUT2D eigenvalue weighted by Gasteiger charge is -2.19. The Morgan fingerprint density at radius 2 is 2.09 bits per heavy atom. The molecule has 0 aromatic rings. The monoisotopic (exact) mass is 328 g/mol. The Labute approximate surface area is 134 Å². The summed E-state index contributed by atoms with van der Waals surface area (Å²) in [6.45, 7) is 1.66. The van der Waals surface area contributed by atoms with Gasteiger partial charge < -0.3 is 26.0 Å². The van der Waals surface area contributed by atoms with E-state index >= 15 is 0 Å². The molecule has 0 aliphatic carbocycles. The molecule has 0 radical (unpaired) electrons. The van der Waals surface area contributed by atoms with Crippen molar-refractivity contribution in [1.82, 2.24) is 15.1 Å². The lowest BCUT2D eigenvalue weighted by Crippen LogP contribution is -2.46. The highest BCUT2D eigenvalue weighted by atomic mass is 16.4. The number of carbonyl (C=O) groups excluding carboxylic acids is 3. The summed E-state index contributed by atoms with van der Waals surface area (Å²) in [5.74, 6) is -3.40. The summed E-state index contributed by atoms with van der Waals surface area (Å²) in [4.78, 5) is 49.5. The average molecular weight is 328 g/mol. The second-order valence-corrected chi connectivity index (χ2v) is 5.97. The predicted molar refractivity (Wildman–Crippen MR) is 81.2 cm³/mol. The minimum atomic E-state index is -1.36. The van der Waals surface area contributed by atoms with E-state index in [1.54, 1.807) is 4.90 Å². The van der Waals surface area contributed by atoms with Crippen molar-refractivity contribution >= 4 is 23.7 Å². The Balaban J connectivity index is 2.52. The van der Waals surface area contributed by atoms with Crippen molar-refractivity contribution in [3.63, 3.8) is 0 Å². The molecule has 0 aromatic heterocycles. The van der Waals surface area contributed by atoms with Crippen molar-refractivity contribution in [2.24, 2.45) is 11.7 Å². The van der Waals surface area contributed by atoms with Crippen LogP contribution in [0.4, 0.5) is 0 Å². The van der Waals surface area contributed by atoms with Gasteiger partial charge in [-0.2, -0.15) is 0 Å². The number of nitrogens with one attached hydrogen (secondary N) is 1. The smallest absolute Gasteiger partial charge is 0.326 e. The number of amides is 3. The standard InChI is InChI=1S/C14H24N4O5/c1-17(2)4-3-5-18-8-9(6-12(18)20)13(21)16-10(14(22)23)7-11(15)19/h9-10H,3-8H2,1-2H3,(H2,15,19)(H,16,21)(H,22,23). The van der Waals surface area contributed by atoms with E-state index in [2.05, 4.69) is 5.32 Å². The topological polar surface area (TPSA) is 133 Å². The van der Waals surface area contributed by atoms with Crippen LogP contribution in [0.2, 0.25) is 0 Å². The number of primary amides is 1. The van der Waals surface area contributed by atoms with Crippen molar-refractivity contribution in [2.45, 2.75) is 25.3 Å². The fraction of sp³-hybridized carbons (Fsp3) is 0.714. The summed E-state index contributed by atoms with van der Waals surface area (Å²) < 4.78 is 0. The van der Waals surface area contributed by atoms with Crippen LogP contribution in [0.15, 0.2) is 0 Å². The number of carbonyl (C=O) groups is 4. The van der Waals surface area contributed by atoms with Gasteiger partial charge in [-0.3, -0.25) is 14.4 Å². The van der Waals surface area contributed by atoms with Gasteiger partial charge in [0.15, 0.2) is 0 Å². The normalized spacial score (nSPS) is 19.0. The highest BCUT2D eigenvalue weighted by Crippen LogP contribution is 2.18. The third-order valence-corrected chi connectivity index (χ3v) is 3.64. The minimum Gasteiger partial charge on any atom is -0.480 e. The molecule has 1 saturated heterocycles. The van der Waals surface area contributed by atoms with Gasteiger partial charge in [0.05, 0.1) is 12.3 Å². The molecule has 2 atom stereocenters. The third kappa shape index (κ3) is 6.23. The van der Waals surface area contributed by atoms with Crippen LogP contribution in [0.5, 0.6) is 0 Å². The lowest BCUT2D eigenvalue weighted by atomic mass is 10.1. The summed E-state index contributed by atoms with van der Waals surface area (Å²) >= 11 is 0. The summed E-state index contributed by atoms with van der Waals surface area (Å²) in [7, 11) is 3.87. The van der Waals surface area contributed by atoms with E-state index in [1.165, 1.54) is 0 Å². The molecule has 0 spiro atoms. The van der Waals surface area contributed by atoms with Gasteiger partial charge in [-0.25, -0.2) is 4.79 Å². The molecular weight excluding hydrogens is 304 g/mol. The first-order chi connectivity index (χ1) is 10.7. The van der Waals surface area contributed by atoms with Crippen molar-refractivity contribution in [3.8, 4) is 0 Å². The Morgan fingerprint density at radius 3 is 2.61 bits per heavy atom. The van der Waals surface area contributed by atoms with Crippen LogP contribution in [0.3, 0.4) is 0 Å². The molecule has 1 aliphatic heterocycles. The van der Waals surface area contributed by atoms with E-state index in [4.69, 9.17) is 10.8 Å². The second-order valence-electron chi connectivity index (χ2n) is 5.97. The summed E-state index contributed by atoms with van der Waals surface area (Å²) in [5.41, 5.74) is 4.96. The SMILES string of the molecule is CN(C)CCCN1CC(C(=O)NC(CC(N)=O)C(=O)O)CC1=O. The molecule has 23 heavy (non-hydrogen) atoms. The number of nitrogens with zero attached hydrogens (tertiary/aromatic N) is 2. The van der Waals surface area contributed by atoms with E-state index < -0.39 is 36.2 Å². The molecule has 1 fully saturated rings. The molecule has 1 rings (SSSR count). The number of likely N-dealkylation sites (tertiary alicyclic amines) is 1. The summed E-state index contributed by atoms with van der Waals surface area (Å²) in [6, 6.07) is -1.36. The Bertz CT molecular complexity index is 480. The Morgan fingerprint density at radius 1 is 1.43 bits per heavy atom. The van der Waals surface area contributed by atoms with Gasteiger partial charge in [0.25, 0.3) is 0 Å². The Kier molecular flexibility index (Phi) is 6.95. The quantitative estimate of drug-likeness (QED) is 0.459. The largest absolute Gasteiger partial charge is 0.480 e. The van der Waals surface area contributed by atoms with E-state index in [9.17, 15) is 19.2 Å². The molecule has 2 unspecified atom stereocenters. The van der Waals surface area contributed by atoms with Crippen LogP contribution >= 0.6 is 0 Å². The third-order valence-electron chi connectivity index (χ3n) is 3.64. The molecule has 0 aromatic carbocycles. The first kappa shape index (κ1) is 18.9. The van der Waals surface area contributed by atoms with E-state index in [-0.39, 0.29) is 18.9 Å². The Hall–Kier alpha value is -2.16. The van der Waals surface area contributed by atoms with Crippen molar-refractivity contribution in [2.75, 3.05) is 33.7 Å². The first-order valence-electron chi connectivity index (χ1n) is 7.44. The summed E-state index contributed by atoms with van der Waals surface area (Å²) in [5, 5.41) is 11.3. The van der Waals surface area contributed by atoms with E-state index in [0.717, 1.165) is 13.0 Å². The van der Waals surface area contributed by atoms with E-state index in [0.29, 0.717) is 6.54 Å². The van der Waals surface area contributed by atoms with Crippen LogP contribution in [0.1, 0.15) is 19.3 Å². The van der Waals surface area contributed by atoms with Crippen molar-refractivity contribution in [3.05, 3.63) is 0 Å². The fourth-order valence-electron chi connectivity index (χ4n) is 2.43. The van der Waals surface area contributed by atoms with Gasteiger partial charge >= 0.3 is 5.97 Å². The maximum absolute atomic E-state index is 12.1. The van der Waals surface area contributed by atoms with Crippen molar-refractivity contribution < 1.29 is 24.3 Å². The first-order valence-corrected chi connectivity index (χ1v) is 7.44. The number of hydrogen-bond acceptors (Lipinski definition) is 5. The highest BCUT2D eigenvalue weighted by molar-refractivity contribution is 5.92. The summed E-state index contributed by atoms with van der Waals surface area (Å²) in [6.07, 6.45) is 0.373. The van der Waals surface area contributed by atoms with Gasteiger partial charge in [-0.1, -0.05) is 0 Å². The molecular formula is C14H24N4O5. The minimum absolute atomic E-state index is 0.0523. The maximum Gasteiger partial charge on any atom is 0.326 e.